The molecule has 0 fully saturated rings. The van der Waals surface area contributed by atoms with Gasteiger partial charge in [0.1, 0.15) is 0 Å². The van der Waals surface area contributed by atoms with Gasteiger partial charge in [0.15, 0.2) is 5.65 Å². The summed E-state index contributed by atoms with van der Waals surface area (Å²) in [5.74, 6) is 0. The van der Waals surface area contributed by atoms with E-state index in [9.17, 15) is 0 Å². The van der Waals surface area contributed by atoms with Crippen molar-refractivity contribution in [3.8, 4) is 0 Å². The topological polar surface area (TPSA) is 71.4 Å². The van der Waals surface area contributed by atoms with E-state index in [1.54, 1.807) is 6.33 Å². The van der Waals surface area contributed by atoms with E-state index in [2.05, 4.69) is 45.3 Å². The van der Waals surface area contributed by atoms with E-state index in [0.29, 0.717) is 12.6 Å². The molecule has 6 heteroatoms. The molecule has 3 heterocycles. The van der Waals surface area contributed by atoms with Crippen LogP contribution in [0.25, 0.3) is 11.0 Å². The van der Waals surface area contributed by atoms with E-state index >= 15 is 0 Å². The van der Waals surface area contributed by atoms with Crippen LogP contribution in [0, 0.1) is 6.92 Å². The lowest BCUT2D eigenvalue weighted by atomic mass is 10.3. The van der Waals surface area contributed by atoms with E-state index in [4.69, 9.17) is 0 Å². The summed E-state index contributed by atoms with van der Waals surface area (Å²) in [5.41, 5.74) is 3.99. The van der Waals surface area contributed by atoms with Crippen molar-refractivity contribution >= 4 is 16.7 Å². The van der Waals surface area contributed by atoms with E-state index in [1.165, 1.54) is 0 Å². The number of aromatic amines is 1. The zero-order valence-electron chi connectivity index (χ0n) is 11.9. The highest BCUT2D eigenvalue weighted by Gasteiger charge is 2.08. The Morgan fingerprint density at radius 2 is 2.15 bits per heavy atom. The molecule has 3 aromatic rings. The van der Waals surface area contributed by atoms with Gasteiger partial charge in [-0.05, 0) is 26.8 Å². The summed E-state index contributed by atoms with van der Waals surface area (Å²) in [7, 11) is 0. The average molecular weight is 270 g/mol. The first-order valence-electron chi connectivity index (χ1n) is 6.71. The number of rotatable bonds is 4. The summed E-state index contributed by atoms with van der Waals surface area (Å²) in [6.07, 6.45) is 5.40. The predicted octanol–water partition coefficient (Wildman–Crippen LogP) is 2.66. The Kier molecular flexibility index (Phi) is 3.14. The van der Waals surface area contributed by atoms with Gasteiger partial charge in [-0.25, -0.2) is 14.6 Å². The third-order valence-electron chi connectivity index (χ3n) is 3.32. The largest absolute Gasteiger partial charge is 0.378 e. The molecule has 0 aliphatic rings. The zero-order valence-corrected chi connectivity index (χ0v) is 11.9. The lowest BCUT2D eigenvalue weighted by Crippen LogP contribution is -2.04. The van der Waals surface area contributed by atoms with Gasteiger partial charge < -0.3 is 10.3 Å². The molecule has 2 N–H and O–H groups in total. The Hall–Kier alpha value is -2.37. The second-order valence-electron chi connectivity index (χ2n) is 5.15. The number of hydrogen-bond donors (Lipinski definition) is 2. The molecule has 0 unspecified atom stereocenters. The van der Waals surface area contributed by atoms with E-state index in [-0.39, 0.29) is 0 Å². The molecule has 0 radical (unpaired) electrons. The van der Waals surface area contributed by atoms with Gasteiger partial charge in [0.25, 0.3) is 0 Å². The third kappa shape index (κ3) is 2.24. The van der Waals surface area contributed by atoms with Gasteiger partial charge in [-0.15, -0.1) is 0 Å². The van der Waals surface area contributed by atoms with Crippen LogP contribution in [-0.4, -0.2) is 24.7 Å². The lowest BCUT2D eigenvalue weighted by molar-refractivity contribution is 0.546. The Balaban J connectivity index is 1.81. The molecule has 6 nitrogen and oxygen atoms in total. The number of imidazole rings is 1. The molecule has 0 amide bonds. The second kappa shape index (κ2) is 4.96. The van der Waals surface area contributed by atoms with E-state index in [0.717, 1.165) is 28.1 Å². The maximum atomic E-state index is 4.49. The monoisotopic (exact) mass is 270 g/mol. The summed E-state index contributed by atoms with van der Waals surface area (Å²) < 4.78 is 1.93. The van der Waals surface area contributed by atoms with Gasteiger partial charge in [-0.2, -0.15) is 5.10 Å². The minimum absolute atomic E-state index is 0.311. The first-order valence-corrected chi connectivity index (χ1v) is 6.71. The Morgan fingerprint density at radius 3 is 2.85 bits per heavy atom. The molecule has 3 aromatic heterocycles. The molecule has 0 saturated heterocycles. The summed E-state index contributed by atoms with van der Waals surface area (Å²) in [4.78, 5) is 11.8. The van der Waals surface area contributed by atoms with Crippen molar-refractivity contribution in [3.05, 3.63) is 36.2 Å². The number of aromatic nitrogens is 5. The number of anilines is 1. The predicted molar refractivity (Wildman–Crippen MR) is 78.6 cm³/mol. The number of H-pyrrole nitrogens is 1. The number of aryl methyl sites for hydroxylation is 1. The highest BCUT2D eigenvalue weighted by atomic mass is 15.3. The summed E-state index contributed by atoms with van der Waals surface area (Å²) in [6.45, 7) is 6.89. The molecule has 0 aliphatic carbocycles. The number of nitrogens with one attached hydrogen (secondary N) is 2. The van der Waals surface area contributed by atoms with Crippen LogP contribution >= 0.6 is 0 Å². The Labute approximate surface area is 117 Å². The van der Waals surface area contributed by atoms with Gasteiger partial charge in [0.05, 0.1) is 36.6 Å². The molecule has 0 saturated carbocycles. The SMILES string of the molecule is Cc1[nH]cnc1CNc1cnc2c(cnn2C(C)C)c1. The van der Waals surface area contributed by atoms with Crippen molar-refractivity contribution in [2.45, 2.75) is 33.4 Å². The molecule has 0 aliphatic heterocycles. The van der Waals surface area contributed by atoms with Gasteiger partial charge >= 0.3 is 0 Å². The third-order valence-corrected chi connectivity index (χ3v) is 3.32. The van der Waals surface area contributed by atoms with Crippen molar-refractivity contribution in [1.82, 2.24) is 24.7 Å². The zero-order chi connectivity index (χ0) is 14.1. The van der Waals surface area contributed by atoms with Gasteiger partial charge in [-0.1, -0.05) is 0 Å². The Morgan fingerprint density at radius 1 is 1.30 bits per heavy atom. The van der Waals surface area contributed by atoms with Gasteiger partial charge in [0.2, 0.25) is 0 Å². The normalized spacial score (nSPS) is 11.4. The number of hydrogen-bond acceptors (Lipinski definition) is 4. The summed E-state index contributed by atoms with van der Waals surface area (Å²) in [6, 6.07) is 2.38. The average Bonchev–Trinajstić information content (AvgIpc) is 3.02. The first-order chi connectivity index (χ1) is 9.65. The number of pyridine rings is 1. The fourth-order valence-electron chi connectivity index (χ4n) is 2.17. The van der Waals surface area contributed by atoms with Crippen LogP contribution in [0.4, 0.5) is 5.69 Å². The molecule has 0 bridgehead atoms. The number of nitrogens with zero attached hydrogens (tertiary/aromatic N) is 4. The highest BCUT2D eigenvalue weighted by Crippen LogP contribution is 2.19. The van der Waals surface area contributed by atoms with Crippen LogP contribution in [-0.2, 0) is 6.54 Å². The highest BCUT2D eigenvalue weighted by molar-refractivity contribution is 5.78. The summed E-state index contributed by atoms with van der Waals surface area (Å²) >= 11 is 0. The van der Waals surface area contributed by atoms with Crippen LogP contribution in [0.2, 0.25) is 0 Å². The molecule has 0 aromatic carbocycles. The smallest absolute Gasteiger partial charge is 0.158 e. The lowest BCUT2D eigenvalue weighted by Gasteiger charge is -2.07. The summed E-state index contributed by atoms with van der Waals surface area (Å²) in [5, 5.41) is 8.75. The minimum atomic E-state index is 0.311. The molecular formula is C14H18N6. The molecule has 0 atom stereocenters. The van der Waals surface area contributed by atoms with Gasteiger partial charge in [0, 0.05) is 17.1 Å². The van der Waals surface area contributed by atoms with E-state index < -0.39 is 0 Å². The minimum Gasteiger partial charge on any atom is -0.378 e. The molecular weight excluding hydrogens is 252 g/mol. The second-order valence-corrected chi connectivity index (χ2v) is 5.15. The molecule has 3 rings (SSSR count). The fraction of sp³-hybridized carbons (Fsp3) is 0.357. The van der Waals surface area contributed by atoms with Crippen molar-refractivity contribution in [1.29, 1.82) is 0 Å². The van der Waals surface area contributed by atoms with Crippen LogP contribution < -0.4 is 5.32 Å². The maximum absolute atomic E-state index is 4.49. The molecule has 104 valence electrons. The van der Waals surface area contributed by atoms with Crippen molar-refractivity contribution in [3.63, 3.8) is 0 Å². The van der Waals surface area contributed by atoms with Crippen LogP contribution in [0.15, 0.2) is 24.8 Å². The van der Waals surface area contributed by atoms with Crippen LogP contribution in [0.1, 0.15) is 31.3 Å². The Bertz CT molecular complexity index is 724. The fourth-order valence-corrected chi connectivity index (χ4v) is 2.17. The van der Waals surface area contributed by atoms with Crippen LogP contribution in [0.3, 0.4) is 0 Å². The number of fused-ring (bicyclic) bond motifs is 1. The standard InChI is InChI=1S/C14H18N6/c1-9(2)20-14-11(5-19-20)4-12(6-16-14)15-7-13-10(3)17-8-18-13/h4-6,8-9,15H,7H2,1-3H3,(H,17,18). The van der Waals surface area contributed by atoms with Crippen molar-refractivity contribution in [2.24, 2.45) is 0 Å². The van der Waals surface area contributed by atoms with Crippen molar-refractivity contribution < 1.29 is 0 Å². The van der Waals surface area contributed by atoms with Crippen molar-refractivity contribution in [2.75, 3.05) is 5.32 Å². The van der Waals surface area contributed by atoms with Gasteiger partial charge in [-0.3, -0.25) is 0 Å². The first kappa shape index (κ1) is 12.7. The molecule has 20 heavy (non-hydrogen) atoms. The molecule has 0 spiro atoms. The quantitative estimate of drug-likeness (QED) is 0.764. The maximum Gasteiger partial charge on any atom is 0.158 e. The van der Waals surface area contributed by atoms with E-state index in [1.807, 2.05) is 24.0 Å². The van der Waals surface area contributed by atoms with Crippen LogP contribution in [0.5, 0.6) is 0 Å².